The molecule has 7 nitrogen and oxygen atoms in total. The smallest absolute Gasteiger partial charge is 0.305 e. The first-order valence-electron chi connectivity index (χ1n) is 27.0. The molecule has 0 rings (SSSR count). The number of rotatable bonds is 48. The second kappa shape index (κ2) is 46.4. The fraction of sp³-hybridized carbons (Fsp3) is 0.944. The van der Waals surface area contributed by atoms with Gasteiger partial charge in [-0.3, -0.25) is 14.4 Å². The number of esters is 2. The summed E-state index contributed by atoms with van der Waals surface area (Å²) in [5.74, 6) is 1.89. The summed E-state index contributed by atoms with van der Waals surface area (Å²) >= 11 is 0. The molecule has 0 aromatic carbocycles. The quantitative estimate of drug-likeness (QED) is 0.0448. The normalized spacial score (nSPS) is 11.6. The highest BCUT2D eigenvalue weighted by Crippen LogP contribution is 2.24. The Balaban J connectivity index is 4.14. The van der Waals surface area contributed by atoms with E-state index in [0.717, 1.165) is 102 Å². The van der Waals surface area contributed by atoms with Crippen molar-refractivity contribution in [2.75, 3.05) is 46.9 Å². The lowest BCUT2D eigenvalue weighted by atomic mass is 9.91. The molecule has 0 heterocycles. The summed E-state index contributed by atoms with van der Waals surface area (Å²) in [6.07, 6.45) is 43.9. The van der Waals surface area contributed by atoms with Gasteiger partial charge in [0.15, 0.2) is 0 Å². The van der Waals surface area contributed by atoms with Crippen molar-refractivity contribution in [3.8, 4) is 0 Å². The van der Waals surface area contributed by atoms with E-state index in [4.69, 9.17) is 9.47 Å². The van der Waals surface area contributed by atoms with Crippen LogP contribution in [0.15, 0.2) is 0 Å². The maximum atomic E-state index is 13.2. The number of nitrogens with zero attached hydrogens (tertiary/aromatic N) is 2. The molecule has 0 radical (unpaired) electrons. The van der Waals surface area contributed by atoms with Gasteiger partial charge in [0, 0.05) is 32.4 Å². The fourth-order valence-corrected chi connectivity index (χ4v) is 8.84. The third-order valence-corrected chi connectivity index (χ3v) is 12.9. The monoisotopic (exact) mass is 863 g/mol. The summed E-state index contributed by atoms with van der Waals surface area (Å²) in [4.78, 5) is 42.1. The van der Waals surface area contributed by atoms with Crippen LogP contribution in [0.25, 0.3) is 0 Å². The zero-order valence-corrected chi connectivity index (χ0v) is 42.0. The van der Waals surface area contributed by atoms with Gasteiger partial charge in [0.2, 0.25) is 5.91 Å². The summed E-state index contributed by atoms with van der Waals surface area (Å²) < 4.78 is 11.2. The molecule has 0 saturated heterocycles. The molecule has 0 fully saturated rings. The summed E-state index contributed by atoms with van der Waals surface area (Å²) in [6.45, 7) is 13.0. The number of ether oxygens (including phenoxy) is 2. The van der Waals surface area contributed by atoms with E-state index in [-0.39, 0.29) is 11.9 Å². The van der Waals surface area contributed by atoms with Crippen LogP contribution in [-0.2, 0) is 23.9 Å². The van der Waals surface area contributed by atoms with E-state index >= 15 is 0 Å². The van der Waals surface area contributed by atoms with Crippen LogP contribution < -0.4 is 0 Å². The van der Waals surface area contributed by atoms with Gasteiger partial charge in [0.1, 0.15) is 0 Å². The molecule has 1 amide bonds. The molecule has 0 spiro atoms. The van der Waals surface area contributed by atoms with E-state index in [2.05, 4.69) is 51.6 Å². The highest BCUT2D eigenvalue weighted by molar-refractivity contribution is 5.76. The molecule has 0 unspecified atom stereocenters. The lowest BCUT2D eigenvalue weighted by Gasteiger charge is -2.23. The molecule has 0 aliphatic heterocycles. The minimum absolute atomic E-state index is 0.0160. The van der Waals surface area contributed by atoms with Crippen molar-refractivity contribution in [3.63, 3.8) is 0 Å². The zero-order valence-electron chi connectivity index (χ0n) is 42.0. The van der Waals surface area contributed by atoms with Crippen LogP contribution in [0.5, 0.6) is 0 Å². The average molecular weight is 863 g/mol. The van der Waals surface area contributed by atoms with Gasteiger partial charge in [-0.25, -0.2) is 0 Å². The molecule has 362 valence electrons. The fourth-order valence-electron chi connectivity index (χ4n) is 8.84. The minimum Gasteiger partial charge on any atom is -0.466 e. The highest BCUT2D eigenvalue weighted by Gasteiger charge is 2.14. The first kappa shape index (κ1) is 59.4. The van der Waals surface area contributed by atoms with E-state index < -0.39 is 0 Å². The summed E-state index contributed by atoms with van der Waals surface area (Å²) in [5, 5.41) is 0. The standard InChI is InChI=1S/C54H106N2O5/c1-7-11-25-36-50(37-26-12-8-2)40-34-48-60-53(58)43-29-21-17-15-19-23-31-46-56(52(57)42-33-45-55(5)6)47-32-24-20-16-18-22-30-44-54(59)61-49-35-41-51(38-27-13-9-3)39-28-14-10-4/h50-51H,7-49H2,1-6H3. The third kappa shape index (κ3) is 42.1. The van der Waals surface area contributed by atoms with Gasteiger partial charge in [-0.15, -0.1) is 0 Å². The van der Waals surface area contributed by atoms with Gasteiger partial charge in [0.05, 0.1) is 13.2 Å². The summed E-state index contributed by atoms with van der Waals surface area (Å²) in [6, 6.07) is 0. The molecule has 0 saturated carbocycles. The number of carbonyl (C=O) groups is 3. The van der Waals surface area contributed by atoms with Crippen molar-refractivity contribution in [1.29, 1.82) is 0 Å². The number of amides is 1. The molecular formula is C54H106N2O5. The van der Waals surface area contributed by atoms with E-state index in [1.54, 1.807) is 0 Å². The average Bonchev–Trinajstić information content (AvgIpc) is 3.24. The molecule has 0 bridgehead atoms. The Morgan fingerprint density at radius 2 is 0.689 bits per heavy atom. The van der Waals surface area contributed by atoms with Crippen molar-refractivity contribution in [2.24, 2.45) is 11.8 Å². The SMILES string of the molecule is CCCCCC(CCCCC)CCCOC(=O)CCCCCCCCCN(CCCCCCCCCC(=O)OCCCC(CCCCC)CCCCC)C(=O)CCCN(C)C. The number of hydrogen-bond acceptors (Lipinski definition) is 6. The lowest BCUT2D eigenvalue weighted by Crippen LogP contribution is -2.33. The van der Waals surface area contributed by atoms with Gasteiger partial charge in [-0.2, -0.15) is 0 Å². The molecule has 0 N–H and O–H groups in total. The van der Waals surface area contributed by atoms with Crippen LogP contribution in [0.3, 0.4) is 0 Å². The van der Waals surface area contributed by atoms with Crippen LogP contribution in [-0.4, -0.2) is 74.6 Å². The first-order valence-corrected chi connectivity index (χ1v) is 27.0. The van der Waals surface area contributed by atoms with Gasteiger partial charge in [0.25, 0.3) is 0 Å². The van der Waals surface area contributed by atoms with Crippen molar-refractivity contribution >= 4 is 17.8 Å². The maximum Gasteiger partial charge on any atom is 0.305 e. The van der Waals surface area contributed by atoms with Crippen LogP contribution in [0.4, 0.5) is 0 Å². The topological polar surface area (TPSA) is 76.1 Å². The number of unbranched alkanes of at least 4 members (excludes halogenated alkanes) is 20. The first-order chi connectivity index (χ1) is 29.8. The van der Waals surface area contributed by atoms with Crippen molar-refractivity contribution in [1.82, 2.24) is 9.80 Å². The Bertz CT molecular complexity index is 876. The van der Waals surface area contributed by atoms with Crippen molar-refractivity contribution < 1.29 is 23.9 Å². The Hall–Kier alpha value is -1.63. The van der Waals surface area contributed by atoms with E-state index in [1.807, 2.05) is 0 Å². The largest absolute Gasteiger partial charge is 0.466 e. The lowest BCUT2D eigenvalue weighted by molar-refractivity contribution is -0.144. The second-order valence-electron chi connectivity index (χ2n) is 19.2. The molecule has 0 aliphatic carbocycles. The molecule has 0 aromatic heterocycles. The Morgan fingerprint density at radius 3 is 1.03 bits per heavy atom. The molecule has 61 heavy (non-hydrogen) atoms. The molecule has 7 heteroatoms. The van der Waals surface area contributed by atoms with Crippen LogP contribution >= 0.6 is 0 Å². The van der Waals surface area contributed by atoms with Crippen LogP contribution in [0.2, 0.25) is 0 Å². The Labute approximate surface area is 380 Å². The Morgan fingerprint density at radius 1 is 0.361 bits per heavy atom. The van der Waals surface area contributed by atoms with E-state index in [1.165, 1.54) is 154 Å². The van der Waals surface area contributed by atoms with Gasteiger partial charge in [-0.05, 0) is 90.3 Å². The minimum atomic E-state index is -0.0160. The van der Waals surface area contributed by atoms with Crippen molar-refractivity contribution in [3.05, 3.63) is 0 Å². The Kier molecular flexibility index (Phi) is 45.1. The van der Waals surface area contributed by atoms with Gasteiger partial charge in [-0.1, -0.05) is 195 Å². The molecular weight excluding hydrogens is 757 g/mol. The van der Waals surface area contributed by atoms with Crippen molar-refractivity contribution in [2.45, 2.75) is 272 Å². The van der Waals surface area contributed by atoms with E-state index in [0.29, 0.717) is 38.4 Å². The number of hydrogen-bond donors (Lipinski definition) is 0. The van der Waals surface area contributed by atoms with Crippen LogP contribution in [0, 0.1) is 11.8 Å². The van der Waals surface area contributed by atoms with Gasteiger partial charge >= 0.3 is 11.9 Å². The number of carbonyl (C=O) groups excluding carboxylic acids is 3. The maximum absolute atomic E-state index is 13.2. The van der Waals surface area contributed by atoms with Crippen LogP contribution in [0.1, 0.15) is 272 Å². The highest BCUT2D eigenvalue weighted by atomic mass is 16.5. The zero-order chi connectivity index (χ0) is 44.9. The summed E-state index contributed by atoms with van der Waals surface area (Å²) in [5.41, 5.74) is 0. The van der Waals surface area contributed by atoms with E-state index in [9.17, 15) is 14.4 Å². The molecule has 0 aromatic rings. The predicted molar refractivity (Wildman–Crippen MR) is 262 cm³/mol. The molecule has 0 atom stereocenters. The third-order valence-electron chi connectivity index (χ3n) is 12.9. The molecule has 0 aliphatic rings. The van der Waals surface area contributed by atoms with Gasteiger partial charge < -0.3 is 19.3 Å². The second-order valence-corrected chi connectivity index (χ2v) is 19.2. The summed E-state index contributed by atoms with van der Waals surface area (Å²) in [7, 11) is 4.14. The predicted octanol–water partition coefficient (Wildman–Crippen LogP) is 15.6.